The standard InChI is InChI=1S/C11H18N2O2S/c1-9-6-4-5-7-11(9)16(14,15)13-8-10(2)12-3/h4-7,10,12-13H,8H2,1-3H3. The van der Waals surface area contributed by atoms with Crippen molar-refractivity contribution in [1.29, 1.82) is 0 Å². The van der Waals surface area contributed by atoms with E-state index in [0.717, 1.165) is 5.56 Å². The number of benzene rings is 1. The number of hydrogen-bond donors (Lipinski definition) is 2. The molecule has 0 saturated heterocycles. The lowest BCUT2D eigenvalue weighted by atomic mass is 10.2. The van der Waals surface area contributed by atoms with Crippen molar-refractivity contribution >= 4 is 10.0 Å². The van der Waals surface area contributed by atoms with Crippen LogP contribution in [0.2, 0.25) is 0 Å². The molecule has 0 bridgehead atoms. The maximum Gasteiger partial charge on any atom is 0.240 e. The molecule has 5 heteroatoms. The van der Waals surface area contributed by atoms with E-state index in [9.17, 15) is 8.42 Å². The fraction of sp³-hybridized carbons (Fsp3) is 0.455. The van der Waals surface area contributed by atoms with Gasteiger partial charge >= 0.3 is 0 Å². The molecule has 1 unspecified atom stereocenters. The molecule has 1 atom stereocenters. The van der Waals surface area contributed by atoms with Crippen molar-refractivity contribution in [3.8, 4) is 0 Å². The van der Waals surface area contributed by atoms with Crippen LogP contribution < -0.4 is 10.0 Å². The lowest BCUT2D eigenvalue weighted by Gasteiger charge is -2.13. The molecule has 0 aromatic heterocycles. The summed E-state index contributed by atoms with van der Waals surface area (Å²) in [7, 11) is -1.59. The van der Waals surface area contributed by atoms with Gasteiger partial charge in [0.2, 0.25) is 10.0 Å². The topological polar surface area (TPSA) is 58.2 Å². The Morgan fingerprint density at radius 2 is 1.94 bits per heavy atom. The van der Waals surface area contributed by atoms with E-state index in [1.165, 1.54) is 0 Å². The highest BCUT2D eigenvalue weighted by molar-refractivity contribution is 7.89. The first-order chi connectivity index (χ1) is 7.47. The molecule has 90 valence electrons. The van der Waals surface area contributed by atoms with Gasteiger partial charge in [0, 0.05) is 12.6 Å². The molecule has 0 aliphatic heterocycles. The van der Waals surface area contributed by atoms with Gasteiger partial charge in [0.05, 0.1) is 4.90 Å². The van der Waals surface area contributed by atoms with Crippen molar-refractivity contribution in [3.05, 3.63) is 29.8 Å². The summed E-state index contributed by atoms with van der Waals surface area (Å²) in [6.45, 7) is 4.09. The molecular formula is C11H18N2O2S. The predicted octanol–water partition coefficient (Wildman–Crippen LogP) is 0.881. The number of sulfonamides is 1. The summed E-state index contributed by atoms with van der Waals surface area (Å²) in [4.78, 5) is 0.346. The van der Waals surface area contributed by atoms with Gasteiger partial charge in [0.25, 0.3) is 0 Å². The number of aryl methyl sites for hydroxylation is 1. The van der Waals surface area contributed by atoms with E-state index in [1.807, 2.05) is 13.0 Å². The van der Waals surface area contributed by atoms with E-state index in [4.69, 9.17) is 0 Å². The Morgan fingerprint density at radius 3 is 2.50 bits per heavy atom. The largest absolute Gasteiger partial charge is 0.316 e. The molecule has 0 radical (unpaired) electrons. The van der Waals surface area contributed by atoms with Crippen molar-refractivity contribution in [1.82, 2.24) is 10.0 Å². The highest BCUT2D eigenvalue weighted by Crippen LogP contribution is 2.13. The van der Waals surface area contributed by atoms with Crippen LogP contribution in [0.25, 0.3) is 0 Å². The first kappa shape index (κ1) is 13.2. The average molecular weight is 242 g/mol. The van der Waals surface area contributed by atoms with Crippen LogP contribution >= 0.6 is 0 Å². The Hall–Kier alpha value is -0.910. The zero-order valence-electron chi connectivity index (χ0n) is 9.82. The molecule has 1 aromatic carbocycles. The highest BCUT2D eigenvalue weighted by Gasteiger charge is 2.16. The average Bonchev–Trinajstić information content (AvgIpc) is 2.26. The van der Waals surface area contributed by atoms with Gasteiger partial charge in [-0.1, -0.05) is 18.2 Å². The van der Waals surface area contributed by atoms with Crippen molar-refractivity contribution < 1.29 is 8.42 Å². The van der Waals surface area contributed by atoms with Gasteiger partial charge in [-0.25, -0.2) is 13.1 Å². The Labute approximate surface area is 97.1 Å². The Bertz CT molecular complexity index is 443. The van der Waals surface area contributed by atoms with Gasteiger partial charge in [0.1, 0.15) is 0 Å². The Kier molecular flexibility index (Phi) is 4.46. The minimum Gasteiger partial charge on any atom is -0.316 e. The molecule has 0 heterocycles. The smallest absolute Gasteiger partial charge is 0.240 e. The molecule has 16 heavy (non-hydrogen) atoms. The van der Waals surface area contributed by atoms with Crippen LogP contribution in [0.4, 0.5) is 0 Å². The number of hydrogen-bond acceptors (Lipinski definition) is 3. The molecule has 0 amide bonds. The van der Waals surface area contributed by atoms with Crippen molar-refractivity contribution in [2.24, 2.45) is 0 Å². The van der Waals surface area contributed by atoms with Gasteiger partial charge < -0.3 is 5.32 Å². The van der Waals surface area contributed by atoms with Crippen molar-refractivity contribution in [3.63, 3.8) is 0 Å². The van der Waals surface area contributed by atoms with Crippen molar-refractivity contribution in [2.45, 2.75) is 24.8 Å². The molecule has 0 spiro atoms. The lowest BCUT2D eigenvalue weighted by molar-refractivity contribution is 0.554. The molecular weight excluding hydrogens is 224 g/mol. The van der Waals surface area contributed by atoms with E-state index in [2.05, 4.69) is 10.0 Å². The molecule has 1 rings (SSSR count). The third-order valence-electron chi connectivity index (χ3n) is 2.46. The molecule has 2 N–H and O–H groups in total. The Balaban J connectivity index is 2.83. The second-order valence-corrected chi connectivity index (χ2v) is 5.54. The lowest BCUT2D eigenvalue weighted by Crippen LogP contribution is -2.37. The van der Waals surface area contributed by atoms with Gasteiger partial charge in [0.15, 0.2) is 0 Å². The van der Waals surface area contributed by atoms with E-state index in [1.54, 1.807) is 32.2 Å². The van der Waals surface area contributed by atoms with Crippen LogP contribution in [-0.4, -0.2) is 28.1 Å². The molecule has 0 fully saturated rings. The second kappa shape index (κ2) is 5.43. The van der Waals surface area contributed by atoms with E-state index >= 15 is 0 Å². The fourth-order valence-corrected chi connectivity index (χ4v) is 2.65. The maximum absolute atomic E-state index is 11.9. The fourth-order valence-electron chi connectivity index (χ4n) is 1.27. The number of nitrogens with one attached hydrogen (secondary N) is 2. The SMILES string of the molecule is CNC(C)CNS(=O)(=O)c1ccccc1C. The third kappa shape index (κ3) is 3.30. The van der Waals surface area contributed by atoms with Gasteiger partial charge in [-0.05, 0) is 32.5 Å². The van der Waals surface area contributed by atoms with E-state index in [0.29, 0.717) is 11.4 Å². The monoisotopic (exact) mass is 242 g/mol. The molecule has 1 aromatic rings. The van der Waals surface area contributed by atoms with Crippen LogP contribution in [0, 0.1) is 6.92 Å². The molecule has 0 saturated carbocycles. The third-order valence-corrected chi connectivity index (χ3v) is 4.04. The summed E-state index contributed by atoms with van der Waals surface area (Å²) >= 11 is 0. The van der Waals surface area contributed by atoms with Crippen molar-refractivity contribution in [2.75, 3.05) is 13.6 Å². The summed E-state index contributed by atoms with van der Waals surface area (Å²) in [6, 6.07) is 7.06. The summed E-state index contributed by atoms with van der Waals surface area (Å²) < 4.78 is 26.4. The summed E-state index contributed by atoms with van der Waals surface area (Å²) in [5.41, 5.74) is 0.757. The van der Waals surface area contributed by atoms with Gasteiger partial charge in [-0.3, -0.25) is 0 Å². The summed E-state index contributed by atoms with van der Waals surface area (Å²) in [6.07, 6.45) is 0. The molecule has 4 nitrogen and oxygen atoms in total. The zero-order chi connectivity index (χ0) is 12.2. The molecule has 0 aliphatic rings. The van der Waals surface area contributed by atoms with Crippen LogP contribution in [0.1, 0.15) is 12.5 Å². The summed E-state index contributed by atoms with van der Waals surface area (Å²) in [5.74, 6) is 0. The van der Waals surface area contributed by atoms with Crippen LogP contribution in [0.15, 0.2) is 29.2 Å². The van der Waals surface area contributed by atoms with E-state index in [-0.39, 0.29) is 6.04 Å². The summed E-state index contributed by atoms with van der Waals surface area (Å²) in [5, 5.41) is 2.98. The van der Waals surface area contributed by atoms with Crippen LogP contribution in [0.5, 0.6) is 0 Å². The maximum atomic E-state index is 11.9. The van der Waals surface area contributed by atoms with Gasteiger partial charge in [-0.15, -0.1) is 0 Å². The minimum atomic E-state index is -3.39. The quantitative estimate of drug-likeness (QED) is 0.806. The van der Waals surface area contributed by atoms with Crippen LogP contribution in [0.3, 0.4) is 0 Å². The first-order valence-corrected chi connectivity index (χ1v) is 6.68. The number of likely N-dealkylation sites (N-methyl/N-ethyl adjacent to an activating group) is 1. The van der Waals surface area contributed by atoms with Crippen LogP contribution in [-0.2, 0) is 10.0 Å². The normalized spacial score (nSPS) is 13.7. The predicted molar refractivity (Wildman–Crippen MR) is 64.9 cm³/mol. The Morgan fingerprint density at radius 1 is 1.31 bits per heavy atom. The number of rotatable bonds is 5. The zero-order valence-corrected chi connectivity index (χ0v) is 10.6. The van der Waals surface area contributed by atoms with E-state index < -0.39 is 10.0 Å². The minimum absolute atomic E-state index is 0.110. The molecule has 0 aliphatic carbocycles. The van der Waals surface area contributed by atoms with Gasteiger partial charge in [-0.2, -0.15) is 0 Å². The first-order valence-electron chi connectivity index (χ1n) is 5.20. The second-order valence-electron chi connectivity index (χ2n) is 3.81. The highest BCUT2D eigenvalue weighted by atomic mass is 32.2.